The first-order valence-corrected chi connectivity index (χ1v) is 7.62. The number of ether oxygens (including phenoxy) is 3. The summed E-state index contributed by atoms with van der Waals surface area (Å²) in [7, 11) is 4.86. The first kappa shape index (κ1) is 18.4. The Hall–Kier alpha value is -0.690. The van der Waals surface area contributed by atoms with Crippen molar-refractivity contribution in [1.82, 2.24) is 10.2 Å². The van der Waals surface area contributed by atoms with Crippen LogP contribution in [0, 0.1) is 0 Å². The lowest BCUT2D eigenvalue weighted by Crippen LogP contribution is -2.52. The molecule has 0 aromatic heterocycles. The quantitative estimate of drug-likeness (QED) is 0.631. The lowest BCUT2D eigenvalue weighted by Gasteiger charge is -2.30. The smallest absolute Gasteiger partial charge is 0.325 e. The van der Waals surface area contributed by atoms with Crippen molar-refractivity contribution in [2.75, 3.05) is 47.5 Å². The van der Waals surface area contributed by atoms with Crippen LogP contribution in [-0.2, 0) is 19.0 Å². The van der Waals surface area contributed by atoms with Crippen LogP contribution >= 0.6 is 0 Å². The van der Waals surface area contributed by atoms with Crippen molar-refractivity contribution in [3.05, 3.63) is 0 Å². The number of hydrogen-bond acceptors (Lipinski definition) is 6. The highest BCUT2D eigenvalue weighted by atomic mass is 16.5. The van der Waals surface area contributed by atoms with Crippen molar-refractivity contribution >= 4 is 5.97 Å². The van der Waals surface area contributed by atoms with Crippen LogP contribution in [-0.4, -0.2) is 76.1 Å². The Morgan fingerprint density at radius 2 is 1.81 bits per heavy atom. The molecule has 1 heterocycles. The van der Waals surface area contributed by atoms with Gasteiger partial charge < -0.3 is 19.5 Å². The van der Waals surface area contributed by atoms with Crippen molar-refractivity contribution in [2.45, 2.75) is 44.4 Å². The predicted molar refractivity (Wildman–Crippen MR) is 81.4 cm³/mol. The zero-order chi connectivity index (χ0) is 15.9. The monoisotopic (exact) mass is 302 g/mol. The molecule has 0 aromatic carbocycles. The van der Waals surface area contributed by atoms with Gasteiger partial charge >= 0.3 is 5.97 Å². The van der Waals surface area contributed by atoms with E-state index in [4.69, 9.17) is 14.2 Å². The maximum atomic E-state index is 12.0. The summed E-state index contributed by atoms with van der Waals surface area (Å²) in [6.07, 6.45) is 1.88. The van der Waals surface area contributed by atoms with Crippen molar-refractivity contribution in [1.29, 1.82) is 0 Å². The van der Waals surface area contributed by atoms with Gasteiger partial charge in [-0.3, -0.25) is 9.69 Å². The van der Waals surface area contributed by atoms with Gasteiger partial charge in [0.2, 0.25) is 0 Å². The normalized spacial score (nSPS) is 25.8. The maximum absolute atomic E-state index is 12.0. The van der Waals surface area contributed by atoms with Gasteiger partial charge in [-0.15, -0.1) is 0 Å². The topological polar surface area (TPSA) is 60.0 Å². The van der Waals surface area contributed by atoms with Crippen molar-refractivity contribution in [2.24, 2.45) is 0 Å². The molecule has 1 rings (SSSR count). The molecule has 21 heavy (non-hydrogen) atoms. The molecule has 1 saturated heterocycles. The van der Waals surface area contributed by atoms with Gasteiger partial charge in [0.15, 0.2) is 0 Å². The van der Waals surface area contributed by atoms with Gasteiger partial charge in [-0.1, -0.05) is 6.92 Å². The standard InChI is InChI=1S/C15H30N2O4/c1-6-8-16-15(2,14(18)21-5)7-9-17-10-12(19-3)13(11-17)20-4/h12-13,16H,6-11H2,1-5H3. The molecular formula is C15H30N2O4. The van der Waals surface area contributed by atoms with E-state index in [1.807, 2.05) is 6.92 Å². The molecule has 1 aliphatic rings. The molecule has 0 amide bonds. The van der Waals surface area contributed by atoms with Crippen LogP contribution in [0.2, 0.25) is 0 Å². The van der Waals surface area contributed by atoms with E-state index in [1.54, 1.807) is 14.2 Å². The number of carbonyl (C=O) groups is 1. The summed E-state index contributed by atoms with van der Waals surface area (Å²) in [5.74, 6) is -0.207. The summed E-state index contributed by atoms with van der Waals surface area (Å²) in [6, 6.07) is 0. The fourth-order valence-electron chi connectivity index (χ4n) is 2.72. The van der Waals surface area contributed by atoms with E-state index in [2.05, 4.69) is 17.1 Å². The van der Waals surface area contributed by atoms with Gasteiger partial charge in [0, 0.05) is 33.9 Å². The molecule has 1 N–H and O–H groups in total. The molecule has 3 atom stereocenters. The second-order valence-corrected chi connectivity index (χ2v) is 5.81. The van der Waals surface area contributed by atoms with E-state index >= 15 is 0 Å². The molecule has 1 aliphatic heterocycles. The SMILES string of the molecule is CCCNC(C)(CCN1CC(OC)C(OC)C1)C(=O)OC. The Bertz CT molecular complexity index is 315. The highest BCUT2D eigenvalue weighted by Gasteiger charge is 2.37. The molecule has 1 fully saturated rings. The summed E-state index contributed by atoms with van der Waals surface area (Å²) in [4.78, 5) is 14.3. The highest BCUT2D eigenvalue weighted by molar-refractivity contribution is 5.80. The van der Waals surface area contributed by atoms with E-state index in [0.29, 0.717) is 6.42 Å². The molecule has 6 nitrogen and oxygen atoms in total. The molecule has 124 valence electrons. The Morgan fingerprint density at radius 1 is 1.24 bits per heavy atom. The Kier molecular flexibility index (Phi) is 7.59. The summed E-state index contributed by atoms with van der Waals surface area (Å²) in [5.41, 5.74) is -0.640. The fraction of sp³-hybridized carbons (Fsp3) is 0.933. The molecule has 0 aliphatic carbocycles. The van der Waals surface area contributed by atoms with Crippen LogP contribution in [0.25, 0.3) is 0 Å². The minimum absolute atomic E-state index is 0.1000. The van der Waals surface area contributed by atoms with E-state index in [0.717, 1.165) is 32.6 Å². The van der Waals surface area contributed by atoms with Gasteiger partial charge in [-0.2, -0.15) is 0 Å². The van der Waals surface area contributed by atoms with Gasteiger partial charge in [-0.25, -0.2) is 0 Å². The van der Waals surface area contributed by atoms with Crippen LogP contribution < -0.4 is 5.32 Å². The average molecular weight is 302 g/mol. The number of nitrogens with one attached hydrogen (secondary N) is 1. The lowest BCUT2D eigenvalue weighted by atomic mass is 9.97. The number of hydrogen-bond donors (Lipinski definition) is 1. The van der Waals surface area contributed by atoms with Gasteiger partial charge in [-0.05, 0) is 26.3 Å². The largest absolute Gasteiger partial charge is 0.468 e. The minimum atomic E-state index is -0.640. The van der Waals surface area contributed by atoms with Crippen molar-refractivity contribution < 1.29 is 19.0 Å². The maximum Gasteiger partial charge on any atom is 0.325 e. The molecule has 0 spiro atoms. The second kappa shape index (κ2) is 8.68. The van der Waals surface area contributed by atoms with Gasteiger partial charge in [0.25, 0.3) is 0 Å². The zero-order valence-electron chi connectivity index (χ0n) is 14.0. The van der Waals surface area contributed by atoms with Crippen LogP contribution in [0.4, 0.5) is 0 Å². The third-order valence-corrected chi connectivity index (χ3v) is 4.23. The van der Waals surface area contributed by atoms with E-state index < -0.39 is 5.54 Å². The van der Waals surface area contributed by atoms with E-state index in [1.165, 1.54) is 7.11 Å². The average Bonchev–Trinajstić information content (AvgIpc) is 2.92. The number of methoxy groups -OCH3 is 3. The van der Waals surface area contributed by atoms with Gasteiger partial charge in [0.1, 0.15) is 5.54 Å². The summed E-state index contributed by atoms with van der Waals surface area (Å²) in [6.45, 7) is 7.26. The lowest BCUT2D eigenvalue weighted by molar-refractivity contribution is -0.148. The molecule has 0 saturated carbocycles. The van der Waals surface area contributed by atoms with Crippen LogP contribution in [0.1, 0.15) is 26.7 Å². The van der Waals surface area contributed by atoms with Gasteiger partial charge in [0.05, 0.1) is 19.3 Å². The number of likely N-dealkylation sites (tertiary alicyclic amines) is 1. The number of rotatable bonds is 9. The first-order valence-electron chi connectivity index (χ1n) is 7.62. The molecule has 6 heteroatoms. The predicted octanol–water partition coefficient (Wildman–Crippen LogP) is 0.653. The minimum Gasteiger partial charge on any atom is -0.468 e. The van der Waals surface area contributed by atoms with E-state index in [-0.39, 0.29) is 18.2 Å². The van der Waals surface area contributed by atoms with Crippen molar-refractivity contribution in [3.8, 4) is 0 Å². The molecule has 0 aromatic rings. The van der Waals surface area contributed by atoms with Crippen LogP contribution in [0.3, 0.4) is 0 Å². The van der Waals surface area contributed by atoms with E-state index in [9.17, 15) is 4.79 Å². The summed E-state index contributed by atoms with van der Waals surface area (Å²) < 4.78 is 15.8. The summed E-state index contributed by atoms with van der Waals surface area (Å²) >= 11 is 0. The summed E-state index contributed by atoms with van der Waals surface area (Å²) in [5, 5.41) is 3.31. The Balaban J connectivity index is 2.55. The third kappa shape index (κ3) is 4.92. The Morgan fingerprint density at radius 3 is 2.24 bits per heavy atom. The number of carbonyl (C=O) groups excluding carboxylic acids is 1. The first-order chi connectivity index (χ1) is 10.0. The molecular weight excluding hydrogens is 272 g/mol. The highest BCUT2D eigenvalue weighted by Crippen LogP contribution is 2.19. The number of esters is 1. The van der Waals surface area contributed by atoms with Crippen LogP contribution in [0.15, 0.2) is 0 Å². The second-order valence-electron chi connectivity index (χ2n) is 5.81. The van der Waals surface area contributed by atoms with Crippen LogP contribution in [0.5, 0.6) is 0 Å². The number of nitrogens with zero attached hydrogens (tertiary/aromatic N) is 1. The Labute approximate surface area is 128 Å². The molecule has 0 radical (unpaired) electrons. The third-order valence-electron chi connectivity index (χ3n) is 4.23. The molecule has 3 unspecified atom stereocenters. The zero-order valence-corrected chi connectivity index (χ0v) is 14.0. The fourth-order valence-corrected chi connectivity index (χ4v) is 2.72. The molecule has 0 bridgehead atoms. The van der Waals surface area contributed by atoms with Crippen molar-refractivity contribution in [3.63, 3.8) is 0 Å².